The molecule has 2 N–H and O–H groups in total. The minimum atomic E-state index is -0.682. The Labute approximate surface area is 126 Å². The first-order valence-electron chi connectivity index (χ1n) is 6.76. The Kier molecular flexibility index (Phi) is 5.26. The summed E-state index contributed by atoms with van der Waals surface area (Å²) in [7, 11) is 0. The Bertz CT molecular complexity index is 622. The summed E-state index contributed by atoms with van der Waals surface area (Å²) >= 11 is 0. The van der Waals surface area contributed by atoms with Gasteiger partial charge in [0.05, 0.1) is 30.0 Å². The van der Waals surface area contributed by atoms with Crippen molar-refractivity contribution in [3.05, 3.63) is 64.1 Å². The van der Waals surface area contributed by atoms with E-state index in [0.29, 0.717) is 24.1 Å². The summed E-state index contributed by atoms with van der Waals surface area (Å²) in [5.74, 6) is -0.201. The molecule has 1 unspecified atom stereocenters. The summed E-state index contributed by atoms with van der Waals surface area (Å²) in [4.78, 5) is 21.8. The first kappa shape index (κ1) is 15.7. The highest BCUT2D eigenvalue weighted by Crippen LogP contribution is 2.16. The van der Waals surface area contributed by atoms with Crippen molar-refractivity contribution in [2.24, 2.45) is 0 Å². The van der Waals surface area contributed by atoms with Crippen molar-refractivity contribution in [1.29, 1.82) is 0 Å². The van der Waals surface area contributed by atoms with Gasteiger partial charge in [0.15, 0.2) is 0 Å². The van der Waals surface area contributed by atoms with Crippen molar-refractivity contribution in [3.8, 4) is 0 Å². The molecule has 0 saturated carbocycles. The third-order valence-electron chi connectivity index (χ3n) is 3.18. The summed E-state index contributed by atoms with van der Waals surface area (Å²) in [6.07, 6.45) is 2.78. The SMILES string of the molecule is O=C(Cc1ccc([N+](=O)[O-])cc1)NCCC(O)c1ccoc1. The Morgan fingerprint density at radius 1 is 1.32 bits per heavy atom. The van der Waals surface area contributed by atoms with Gasteiger partial charge in [0, 0.05) is 24.2 Å². The number of nitro benzene ring substituents is 1. The molecule has 0 aliphatic rings. The van der Waals surface area contributed by atoms with Gasteiger partial charge >= 0.3 is 0 Å². The Morgan fingerprint density at radius 3 is 2.64 bits per heavy atom. The van der Waals surface area contributed by atoms with Crippen LogP contribution >= 0.6 is 0 Å². The maximum Gasteiger partial charge on any atom is 0.269 e. The van der Waals surface area contributed by atoms with Crippen molar-refractivity contribution in [3.63, 3.8) is 0 Å². The summed E-state index contributed by atoms with van der Waals surface area (Å²) in [6, 6.07) is 7.51. The molecule has 0 aliphatic carbocycles. The standard InChI is InChI=1S/C15H16N2O5/c18-14(12-6-8-22-10-12)5-7-16-15(19)9-11-1-3-13(4-2-11)17(20)21/h1-4,6,8,10,14,18H,5,7,9H2,(H,16,19). The lowest BCUT2D eigenvalue weighted by molar-refractivity contribution is -0.384. The molecule has 1 aromatic carbocycles. The zero-order chi connectivity index (χ0) is 15.9. The Morgan fingerprint density at radius 2 is 2.05 bits per heavy atom. The molecule has 0 saturated heterocycles. The first-order valence-corrected chi connectivity index (χ1v) is 6.76. The lowest BCUT2D eigenvalue weighted by Crippen LogP contribution is -2.27. The number of aliphatic hydroxyl groups is 1. The van der Waals surface area contributed by atoms with Crippen LogP contribution in [0.5, 0.6) is 0 Å². The van der Waals surface area contributed by atoms with E-state index in [2.05, 4.69) is 5.32 Å². The number of carbonyl (C=O) groups excluding carboxylic acids is 1. The topological polar surface area (TPSA) is 106 Å². The molecule has 7 nitrogen and oxygen atoms in total. The molecule has 1 atom stereocenters. The molecule has 7 heteroatoms. The molecular weight excluding hydrogens is 288 g/mol. The third kappa shape index (κ3) is 4.42. The molecule has 0 fully saturated rings. The Balaban J connectivity index is 1.74. The smallest absolute Gasteiger partial charge is 0.269 e. The monoisotopic (exact) mass is 304 g/mol. The second-order valence-electron chi connectivity index (χ2n) is 4.81. The molecule has 0 spiro atoms. The number of non-ortho nitro benzene ring substituents is 1. The van der Waals surface area contributed by atoms with E-state index in [1.165, 1.54) is 24.7 Å². The van der Waals surface area contributed by atoms with E-state index >= 15 is 0 Å². The predicted molar refractivity (Wildman–Crippen MR) is 78.1 cm³/mol. The molecule has 0 radical (unpaired) electrons. The highest BCUT2D eigenvalue weighted by molar-refractivity contribution is 5.78. The second kappa shape index (κ2) is 7.37. The van der Waals surface area contributed by atoms with E-state index in [1.807, 2.05) is 0 Å². The highest BCUT2D eigenvalue weighted by atomic mass is 16.6. The summed E-state index contributed by atoms with van der Waals surface area (Å²) < 4.78 is 4.87. The fourth-order valence-corrected chi connectivity index (χ4v) is 1.96. The van der Waals surface area contributed by atoms with Crippen molar-refractivity contribution in [1.82, 2.24) is 5.32 Å². The van der Waals surface area contributed by atoms with Crippen LogP contribution in [0.1, 0.15) is 23.7 Å². The lowest BCUT2D eigenvalue weighted by Gasteiger charge is -2.09. The van der Waals surface area contributed by atoms with Gasteiger partial charge in [0.25, 0.3) is 5.69 Å². The zero-order valence-electron chi connectivity index (χ0n) is 11.8. The summed E-state index contributed by atoms with van der Waals surface area (Å²) in [6.45, 7) is 0.332. The number of hydrogen-bond acceptors (Lipinski definition) is 5. The summed E-state index contributed by atoms with van der Waals surface area (Å²) in [5, 5.41) is 23.1. The molecule has 2 rings (SSSR count). The van der Waals surface area contributed by atoms with Gasteiger partial charge in [-0.25, -0.2) is 0 Å². The van der Waals surface area contributed by atoms with Crippen molar-refractivity contribution < 1.29 is 19.2 Å². The lowest BCUT2D eigenvalue weighted by atomic mass is 10.1. The number of benzene rings is 1. The number of amides is 1. The molecule has 2 aromatic rings. The molecule has 116 valence electrons. The van der Waals surface area contributed by atoms with E-state index in [0.717, 1.165) is 0 Å². The van der Waals surface area contributed by atoms with Crippen LogP contribution in [-0.2, 0) is 11.2 Å². The maximum atomic E-state index is 11.8. The fourth-order valence-electron chi connectivity index (χ4n) is 1.96. The van der Waals surface area contributed by atoms with Gasteiger partial charge in [-0.05, 0) is 18.1 Å². The van der Waals surface area contributed by atoms with Crippen LogP contribution in [0.4, 0.5) is 5.69 Å². The average molecular weight is 304 g/mol. The number of carbonyl (C=O) groups is 1. The summed E-state index contributed by atoms with van der Waals surface area (Å²) in [5.41, 5.74) is 1.36. The van der Waals surface area contributed by atoms with Gasteiger partial charge in [-0.1, -0.05) is 12.1 Å². The highest BCUT2D eigenvalue weighted by Gasteiger charge is 2.10. The number of nitrogens with zero attached hydrogens (tertiary/aromatic N) is 1. The Hall–Kier alpha value is -2.67. The van der Waals surface area contributed by atoms with Crippen LogP contribution in [0.2, 0.25) is 0 Å². The molecule has 1 heterocycles. The van der Waals surface area contributed by atoms with Gasteiger partial charge in [0.2, 0.25) is 5.91 Å². The molecule has 1 amide bonds. The van der Waals surface area contributed by atoms with Gasteiger partial charge in [-0.3, -0.25) is 14.9 Å². The molecule has 22 heavy (non-hydrogen) atoms. The number of hydrogen-bond donors (Lipinski definition) is 2. The minimum Gasteiger partial charge on any atom is -0.472 e. The van der Waals surface area contributed by atoms with Crippen molar-refractivity contribution in [2.45, 2.75) is 18.9 Å². The van der Waals surface area contributed by atoms with Crippen LogP contribution < -0.4 is 5.32 Å². The second-order valence-corrected chi connectivity index (χ2v) is 4.81. The minimum absolute atomic E-state index is 0.00704. The average Bonchev–Trinajstić information content (AvgIpc) is 3.02. The number of aliphatic hydroxyl groups excluding tert-OH is 1. The quantitative estimate of drug-likeness (QED) is 0.601. The van der Waals surface area contributed by atoms with Crippen LogP contribution in [0.3, 0.4) is 0 Å². The van der Waals surface area contributed by atoms with E-state index in [1.54, 1.807) is 18.2 Å². The van der Waals surface area contributed by atoms with E-state index in [9.17, 15) is 20.0 Å². The van der Waals surface area contributed by atoms with Gasteiger partial charge < -0.3 is 14.8 Å². The van der Waals surface area contributed by atoms with Crippen LogP contribution in [0.15, 0.2) is 47.3 Å². The third-order valence-corrected chi connectivity index (χ3v) is 3.18. The normalized spacial score (nSPS) is 11.9. The largest absolute Gasteiger partial charge is 0.472 e. The van der Waals surface area contributed by atoms with Crippen molar-refractivity contribution in [2.75, 3.05) is 6.54 Å². The van der Waals surface area contributed by atoms with Crippen molar-refractivity contribution >= 4 is 11.6 Å². The fraction of sp³-hybridized carbons (Fsp3) is 0.267. The van der Waals surface area contributed by atoms with Crippen LogP contribution in [-0.4, -0.2) is 22.5 Å². The molecule has 0 bridgehead atoms. The van der Waals surface area contributed by atoms with Gasteiger partial charge in [-0.2, -0.15) is 0 Å². The number of nitrogens with one attached hydrogen (secondary N) is 1. The predicted octanol–water partition coefficient (Wildman–Crippen LogP) is 1.97. The van der Waals surface area contributed by atoms with E-state index < -0.39 is 11.0 Å². The van der Waals surface area contributed by atoms with E-state index in [4.69, 9.17) is 4.42 Å². The number of furan rings is 1. The van der Waals surface area contributed by atoms with Gasteiger partial charge in [-0.15, -0.1) is 0 Å². The van der Waals surface area contributed by atoms with Crippen LogP contribution in [0.25, 0.3) is 0 Å². The molecule has 0 aliphatic heterocycles. The first-order chi connectivity index (χ1) is 10.6. The zero-order valence-corrected chi connectivity index (χ0v) is 11.8. The number of nitro groups is 1. The molecule has 1 aromatic heterocycles. The molecular formula is C15H16N2O5. The maximum absolute atomic E-state index is 11.8. The number of rotatable bonds is 7. The van der Waals surface area contributed by atoms with E-state index in [-0.39, 0.29) is 18.0 Å². The van der Waals surface area contributed by atoms with Crippen LogP contribution in [0, 0.1) is 10.1 Å². The van der Waals surface area contributed by atoms with Gasteiger partial charge in [0.1, 0.15) is 0 Å².